The fraction of sp³-hybridized carbons (Fsp3) is 0.128. The van der Waals surface area contributed by atoms with Gasteiger partial charge in [0, 0.05) is 50.0 Å². The van der Waals surface area contributed by atoms with E-state index in [1.165, 1.54) is 105 Å². The van der Waals surface area contributed by atoms with Gasteiger partial charge in [0.15, 0.2) is 0 Å². The molecule has 0 spiro atoms. The Hall–Kier alpha value is -9.24. The molecule has 0 heterocycles. The van der Waals surface area contributed by atoms with Crippen LogP contribution in [0.5, 0.6) is 0 Å². The lowest BCUT2D eigenvalue weighted by Gasteiger charge is -2.33. The number of benzene rings is 12. The number of anilines is 6. The first-order valence-corrected chi connectivity index (χ1v) is 28.9. The molecule has 0 saturated carbocycles. The molecule has 0 aliphatic heterocycles. The van der Waals surface area contributed by atoms with Gasteiger partial charge < -0.3 is 9.80 Å². The van der Waals surface area contributed by atoms with Gasteiger partial charge in [0.05, 0.1) is 5.69 Å². The Labute approximate surface area is 471 Å². The van der Waals surface area contributed by atoms with Crippen molar-refractivity contribution in [2.45, 2.75) is 64.2 Å². The van der Waals surface area contributed by atoms with Crippen molar-refractivity contribution in [1.82, 2.24) is 0 Å². The number of hydrogen-bond donors (Lipinski definition) is 0. The Morgan fingerprint density at radius 2 is 0.613 bits per heavy atom. The summed E-state index contributed by atoms with van der Waals surface area (Å²) >= 11 is 0. The van der Waals surface area contributed by atoms with Crippen LogP contribution in [-0.2, 0) is 10.8 Å². The van der Waals surface area contributed by atoms with E-state index in [4.69, 9.17) is 0 Å². The van der Waals surface area contributed by atoms with E-state index in [-0.39, 0.29) is 10.8 Å². The monoisotopic (exact) mass is 1030 g/mol. The smallest absolute Gasteiger partial charge is 0.0618 e. The van der Waals surface area contributed by atoms with Gasteiger partial charge in [0.1, 0.15) is 0 Å². The number of nitrogens with zero attached hydrogens (tertiary/aromatic N) is 2. The minimum atomic E-state index is -0.0814. The third-order valence-electron chi connectivity index (χ3n) is 18.4. The van der Waals surface area contributed by atoms with E-state index < -0.39 is 0 Å². The molecule has 0 amide bonds. The van der Waals surface area contributed by atoms with Crippen LogP contribution < -0.4 is 9.80 Å². The fourth-order valence-corrected chi connectivity index (χ4v) is 14.4. The summed E-state index contributed by atoms with van der Waals surface area (Å²) < 4.78 is 0. The van der Waals surface area contributed by atoms with Crippen molar-refractivity contribution < 1.29 is 0 Å². The molecule has 0 unspecified atom stereocenters. The van der Waals surface area contributed by atoms with Gasteiger partial charge in [-0.15, -0.1) is 0 Å². The highest BCUT2D eigenvalue weighted by Crippen LogP contribution is 2.57. The predicted molar refractivity (Wildman–Crippen MR) is 341 cm³/mol. The molecule has 14 rings (SSSR count). The minimum Gasteiger partial charge on any atom is -0.310 e. The van der Waals surface area contributed by atoms with Crippen LogP contribution >= 0.6 is 0 Å². The predicted octanol–water partition coefficient (Wildman–Crippen LogP) is 22.1. The molecule has 0 atom stereocenters. The largest absolute Gasteiger partial charge is 0.310 e. The van der Waals surface area contributed by atoms with Gasteiger partial charge in [-0.05, 0) is 175 Å². The molecule has 12 aromatic rings. The summed E-state index contributed by atoms with van der Waals surface area (Å²) in [5.41, 5.74) is 25.0. The Kier molecular flexibility index (Phi) is 12.2. The van der Waals surface area contributed by atoms with Crippen molar-refractivity contribution in [2.75, 3.05) is 9.80 Å². The van der Waals surface area contributed by atoms with E-state index in [2.05, 4.69) is 304 Å². The van der Waals surface area contributed by atoms with Gasteiger partial charge in [-0.1, -0.05) is 234 Å². The highest BCUT2D eigenvalue weighted by molar-refractivity contribution is 6.22. The molecular formula is C78H64N2. The molecule has 0 aromatic heterocycles. The summed E-state index contributed by atoms with van der Waals surface area (Å²) in [5, 5.41) is 4.82. The first-order chi connectivity index (χ1) is 39.5. The average Bonchev–Trinajstić information content (AvgIpc) is 4.19. The van der Waals surface area contributed by atoms with Crippen LogP contribution in [0, 0.1) is 0 Å². The number of hydrogen-bond acceptors (Lipinski definition) is 2. The molecule has 0 saturated heterocycles. The number of rotatable bonds is 13. The van der Waals surface area contributed by atoms with Crippen LogP contribution in [0.25, 0.3) is 77.2 Å². The Bertz CT molecular complexity index is 4240. The first-order valence-electron chi connectivity index (χ1n) is 28.9. The second-order valence-electron chi connectivity index (χ2n) is 22.0. The summed E-state index contributed by atoms with van der Waals surface area (Å²) in [6, 6.07) is 100. The summed E-state index contributed by atoms with van der Waals surface area (Å²) in [7, 11) is 0. The van der Waals surface area contributed by atoms with Gasteiger partial charge in [0.25, 0.3) is 0 Å². The van der Waals surface area contributed by atoms with Crippen molar-refractivity contribution >= 4 is 55.7 Å². The SMILES string of the molecule is CCC1(CC)c2ccccc2-c2ccc(N(c3ccc(-c4c5ccccc5c(N(c5cccc(-c6ccccc6)c5)c5ccc6c(c5)C(CC)(CC)c5ccccc5-6)c5ccccc45)cc3)c3cccc(-c4ccccc4)c3)cc21. The topological polar surface area (TPSA) is 6.48 Å². The van der Waals surface area contributed by atoms with Gasteiger partial charge >= 0.3 is 0 Å². The zero-order valence-electron chi connectivity index (χ0n) is 46.1. The Balaban J connectivity index is 0.953. The maximum absolute atomic E-state index is 2.56. The third kappa shape index (κ3) is 7.68. The van der Waals surface area contributed by atoms with Crippen LogP contribution in [-0.4, -0.2) is 0 Å². The summed E-state index contributed by atoms with van der Waals surface area (Å²) in [4.78, 5) is 5.03. The van der Waals surface area contributed by atoms with Crippen molar-refractivity contribution in [3.05, 3.63) is 289 Å². The molecule has 386 valence electrons. The van der Waals surface area contributed by atoms with Crippen molar-refractivity contribution in [3.63, 3.8) is 0 Å². The second kappa shape index (κ2) is 19.9. The fourth-order valence-electron chi connectivity index (χ4n) is 14.4. The van der Waals surface area contributed by atoms with E-state index in [1.807, 2.05) is 0 Å². The zero-order chi connectivity index (χ0) is 54.0. The van der Waals surface area contributed by atoms with Crippen LogP contribution in [0.15, 0.2) is 267 Å². The molecular weight excluding hydrogens is 965 g/mol. The maximum Gasteiger partial charge on any atom is 0.0618 e. The van der Waals surface area contributed by atoms with Crippen LogP contribution in [0.4, 0.5) is 34.1 Å². The zero-order valence-corrected chi connectivity index (χ0v) is 46.1. The van der Waals surface area contributed by atoms with Crippen LogP contribution in [0.1, 0.15) is 75.6 Å². The van der Waals surface area contributed by atoms with E-state index in [0.717, 1.165) is 54.1 Å². The first kappa shape index (κ1) is 49.1. The van der Waals surface area contributed by atoms with Crippen molar-refractivity contribution in [2.24, 2.45) is 0 Å². The molecule has 0 radical (unpaired) electrons. The van der Waals surface area contributed by atoms with Crippen LogP contribution in [0.3, 0.4) is 0 Å². The quantitative estimate of drug-likeness (QED) is 0.106. The van der Waals surface area contributed by atoms with E-state index in [0.29, 0.717) is 0 Å². The maximum atomic E-state index is 2.56. The third-order valence-corrected chi connectivity index (χ3v) is 18.4. The highest BCUT2D eigenvalue weighted by Gasteiger charge is 2.42. The molecule has 2 heteroatoms. The minimum absolute atomic E-state index is 0.0557. The molecule has 80 heavy (non-hydrogen) atoms. The molecule has 2 nitrogen and oxygen atoms in total. The number of fused-ring (bicyclic) bond motifs is 8. The second-order valence-corrected chi connectivity index (χ2v) is 22.0. The Morgan fingerprint density at radius 1 is 0.250 bits per heavy atom. The van der Waals surface area contributed by atoms with Gasteiger partial charge in [-0.25, -0.2) is 0 Å². The normalized spacial score (nSPS) is 13.4. The lowest BCUT2D eigenvalue weighted by molar-refractivity contribution is 0.490. The molecule has 2 aliphatic carbocycles. The van der Waals surface area contributed by atoms with E-state index in [9.17, 15) is 0 Å². The van der Waals surface area contributed by atoms with Crippen molar-refractivity contribution in [1.29, 1.82) is 0 Å². The van der Waals surface area contributed by atoms with Gasteiger partial charge in [0.2, 0.25) is 0 Å². The highest BCUT2D eigenvalue weighted by atomic mass is 15.2. The lowest BCUT2D eigenvalue weighted by Crippen LogP contribution is -2.23. The summed E-state index contributed by atoms with van der Waals surface area (Å²) in [5.74, 6) is 0. The average molecular weight is 1030 g/mol. The standard InChI is InChI=1S/C78H64N2/c1-5-77(6-2)71-39-21-19-33-63(71)65-47-45-61(51-73(65)77)79(59-31-23-29-56(49-59)53-25-11-9-12-26-53)58-43-41-55(42-44-58)75-67-35-15-17-37-69(67)76(70-38-18-16-36-68(70)75)80(60-32-24-30-57(50-60)54-27-13-10-14-28-54)62-46-48-66-64-34-20-22-40-72(64)78(7-3,8-4)74(66)52-62/h9-52H,5-8H2,1-4H3. The molecule has 0 bridgehead atoms. The molecule has 0 N–H and O–H groups in total. The Morgan fingerprint density at radius 3 is 1.09 bits per heavy atom. The summed E-state index contributed by atoms with van der Waals surface area (Å²) in [6.07, 6.45) is 4.12. The van der Waals surface area contributed by atoms with E-state index >= 15 is 0 Å². The van der Waals surface area contributed by atoms with Gasteiger partial charge in [-0.3, -0.25) is 0 Å². The summed E-state index contributed by atoms with van der Waals surface area (Å²) in [6.45, 7) is 9.45. The van der Waals surface area contributed by atoms with Crippen molar-refractivity contribution in [3.8, 4) is 55.6 Å². The van der Waals surface area contributed by atoms with E-state index in [1.54, 1.807) is 0 Å². The molecule has 12 aromatic carbocycles. The van der Waals surface area contributed by atoms with Crippen LogP contribution in [0.2, 0.25) is 0 Å². The van der Waals surface area contributed by atoms with Gasteiger partial charge in [-0.2, -0.15) is 0 Å². The molecule has 2 aliphatic rings. The lowest BCUT2D eigenvalue weighted by atomic mass is 9.74. The molecule has 0 fully saturated rings.